The molecule has 2 heteroatoms. The SMILES string of the molecule is CCCC(N1CCCC1=O)C(C)(C)C. The zero-order valence-corrected chi connectivity index (χ0v) is 9.97. The van der Waals surface area contributed by atoms with E-state index in [9.17, 15) is 4.79 Å². The van der Waals surface area contributed by atoms with Crippen molar-refractivity contribution in [2.24, 2.45) is 5.41 Å². The van der Waals surface area contributed by atoms with Gasteiger partial charge >= 0.3 is 0 Å². The van der Waals surface area contributed by atoms with Crippen LogP contribution in [0.25, 0.3) is 0 Å². The molecule has 0 aromatic carbocycles. The van der Waals surface area contributed by atoms with Crippen LogP contribution in [-0.2, 0) is 4.79 Å². The lowest BCUT2D eigenvalue weighted by atomic mass is 9.83. The molecule has 0 radical (unpaired) electrons. The Bertz CT molecular complexity index is 205. The van der Waals surface area contributed by atoms with Crippen molar-refractivity contribution >= 4 is 5.91 Å². The highest BCUT2D eigenvalue weighted by atomic mass is 16.2. The molecule has 82 valence electrons. The van der Waals surface area contributed by atoms with E-state index in [1.165, 1.54) is 0 Å². The van der Waals surface area contributed by atoms with Crippen molar-refractivity contribution in [2.45, 2.75) is 59.4 Å². The van der Waals surface area contributed by atoms with Gasteiger partial charge in [0.25, 0.3) is 0 Å². The van der Waals surface area contributed by atoms with E-state index in [4.69, 9.17) is 0 Å². The average molecular weight is 197 g/mol. The van der Waals surface area contributed by atoms with Crippen LogP contribution in [0.3, 0.4) is 0 Å². The molecule has 14 heavy (non-hydrogen) atoms. The largest absolute Gasteiger partial charge is 0.339 e. The first-order chi connectivity index (χ1) is 6.46. The zero-order chi connectivity index (χ0) is 10.8. The summed E-state index contributed by atoms with van der Waals surface area (Å²) in [6.45, 7) is 9.87. The number of carbonyl (C=O) groups is 1. The molecule has 1 amide bonds. The molecule has 0 aromatic heterocycles. The van der Waals surface area contributed by atoms with Crippen LogP contribution in [-0.4, -0.2) is 23.4 Å². The molecule has 2 nitrogen and oxygen atoms in total. The maximum Gasteiger partial charge on any atom is 0.222 e. The van der Waals surface area contributed by atoms with Crippen LogP contribution in [0.2, 0.25) is 0 Å². The predicted octanol–water partition coefficient (Wildman–Crippen LogP) is 2.82. The third-order valence-electron chi connectivity index (χ3n) is 3.05. The topological polar surface area (TPSA) is 20.3 Å². The van der Waals surface area contributed by atoms with Gasteiger partial charge in [-0.15, -0.1) is 0 Å². The van der Waals surface area contributed by atoms with Crippen LogP contribution in [0.4, 0.5) is 0 Å². The lowest BCUT2D eigenvalue weighted by Crippen LogP contribution is -2.44. The Morgan fingerprint density at radius 2 is 2.07 bits per heavy atom. The van der Waals surface area contributed by atoms with Gasteiger partial charge in [0.2, 0.25) is 5.91 Å². The number of rotatable bonds is 3. The molecular weight excluding hydrogens is 174 g/mol. The third-order valence-corrected chi connectivity index (χ3v) is 3.05. The smallest absolute Gasteiger partial charge is 0.222 e. The Balaban J connectivity index is 2.71. The molecule has 1 rings (SSSR count). The first-order valence-electron chi connectivity index (χ1n) is 5.76. The Labute approximate surface area is 87.7 Å². The van der Waals surface area contributed by atoms with Crippen LogP contribution in [0.15, 0.2) is 0 Å². The molecule has 1 fully saturated rings. The van der Waals surface area contributed by atoms with Gasteiger partial charge < -0.3 is 4.90 Å². The second kappa shape index (κ2) is 4.33. The number of amides is 1. The van der Waals surface area contributed by atoms with Crippen LogP contribution in [0.5, 0.6) is 0 Å². The van der Waals surface area contributed by atoms with E-state index in [0.29, 0.717) is 11.9 Å². The number of hydrogen-bond donors (Lipinski definition) is 0. The summed E-state index contributed by atoms with van der Waals surface area (Å²) in [7, 11) is 0. The van der Waals surface area contributed by atoms with Crippen LogP contribution in [0.1, 0.15) is 53.4 Å². The molecule has 1 unspecified atom stereocenters. The molecule has 1 aliphatic heterocycles. The monoisotopic (exact) mass is 197 g/mol. The second-order valence-corrected chi connectivity index (χ2v) is 5.36. The summed E-state index contributed by atoms with van der Waals surface area (Å²) in [5.41, 5.74) is 0.218. The standard InChI is InChI=1S/C12H23NO/c1-5-7-10(12(2,3)4)13-9-6-8-11(13)14/h10H,5-9H2,1-4H3. The molecule has 0 N–H and O–H groups in total. The molecule has 1 saturated heterocycles. The van der Waals surface area contributed by atoms with E-state index in [2.05, 4.69) is 32.6 Å². The van der Waals surface area contributed by atoms with Crippen molar-refractivity contribution in [3.05, 3.63) is 0 Å². The van der Waals surface area contributed by atoms with E-state index >= 15 is 0 Å². The van der Waals surface area contributed by atoms with Gasteiger partial charge in [-0.25, -0.2) is 0 Å². The number of nitrogens with zero attached hydrogens (tertiary/aromatic N) is 1. The van der Waals surface area contributed by atoms with Gasteiger partial charge in [0.05, 0.1) is 0 Å². The van der Waals surface area contributed by atoms with Gasteiger partial charge in [0.15, 0.2) is 0 Å². The fourth-order valence-corrected chi connectivity index (χ4v) is 2.33. The Morgan fingerprint density at radius 1 is 1.43 bits per heavy atom. The molecule has 0 bridgehead atoms. The minimum Gasteiger partial charge on any atom is -0.339 e. The van der Waals surface area contributed by atoms with E-state index in [1.54, 1.807) is 0 Å². The third kappa shape index (κ3) is 2.49. The summed E-state index contributed by atoms with van der Waals surface area (Å²) >= 11 is 0. The summed E-state index contributed by atoms with van der Waals surface area (Å²) in [5, 5.41) is 0. The van der Waals surface area contributed by atoms with E-state index in [0.717, 1.165) is 32.2 Å². The highest BCUT2D eigenvalue weighted by Gasteiger charge is 2.34. The maximum absolute atomic E-state index is 11.7. The summed E-state index contributed by atoms with van der Waals surface area (Å²) in [5.74, 6) is 0.360. The molecule has 1 aliphatic rings. The quantitative estimate of drug-likeness (QED) is 0.681. The van der Waals surface area contributed by atoms with Gasteiger partial charge in [-0.3, -0.25) is 4.79 Å². The van der Waals surface area contributed by atoms with Crippen LogP contribution < -0.4 is 0 Å². The number of likely N-dealkylation sites (tertiary alicyclic amines) is 1. The fraction of sp³-hybridized carbons (Fsp3) is 0.917. The van der Waals surface area contributed by atoms with E-state index < -0.39 is 0 Å². The van der Waals surface area contributed by atoms with E-state index in [-0.39, 0.29) is 5.41 Å². The van der Waals surface area contributed by atoms with E-state index in [1.807, 2.05) is 0 Å². The molecular formula is C12H23NO. The minimum absolute atomic E-state index is 0.218. The molecule has 0 aliphatic carbocycles. The highest BCUT2D eigenvalue weighted by molar-refractivity contribution is 5.78. The molecule has 0 spiro atoms. The Morgan fingerprint density at radius 3 is 2.43 bits per heavy atom. The first kappa shape index (κ1) is 11.5. The molecule has 1 atom stereocenters. The Kier molecular flexibility index (Phi) is 3.57. The molecule has 0 saturated carbocycles. The maximum atomic E-state index is 11.7. The van der Waals surface area contributed by atoms with Crippen LogP contribution >= 0.6 is 0 Å². The van der Waals surface area contributed by atoms with Crippen molar-refractivity contribution < 1.29 is 4.79 Å². The van der Waals surface area contributed by atoms with Crippen molar-refractivity contribution in [1.29, 1.82) is 0 Å². The summed E-state index contributed by atoms with van der Waals surface area (Å²) in [6, 6.07) is 0.433. The van der Waals surface area contributed by atoms with Gasteiger partial charge in [-0.2, -0.15) is 0 Å². The molecule has 0 aromatic rings. The summed E-state index contributed by atoms with van der Waals surface area (Å²) < 4.78 is 0. The Hall–Kier alpha value is -0.530. The normalized spacial score (nSPS) is 20.3. The summed E-state index contributed by atoms with van der Waals surface area (Å²) in [4.78, 5) is 13.8. The number of hydrogen-bond acceptors (Lipinski definition) is 1. The highest BCUT2D eigenvalue weighted by Crippen LogP contribution is 2.30. The van der Waals surface area contributed by atoms with Gasteiger partial charge in [0.1, 0.15) is 0 Å². The lowest BCUT2D eigenvalue weighted by Gasteiger charge is -2.38. The van der Waals surface area contributed by atoms with Crippen molar-refractivity contribution in [3.63, 3.8) is 0 Å². The zero-order valence-electron chi connectivity index (χ0n) is 9.97. The lowest BCUT2D eigenvalue weighted by molar-refractivity contribution is -0.131. The van der Waals surface area contributed by atoms with Gasteiger partial charge in [-0.05, 0) is 18.3 Å². The van der Waals surface area contributed by atoms with Crippen molar-refractivity contribution in [1.82, 2.24) is 4.90 Å². The van der Waals surface area contributed by atoms with Crippen molar-refractivity contribution in [3.8, 4) is 0 Å². The number of carbonyl (C=O) groups excluding carboxylic acids is 1. The first-order valence-corrected chi connectivity index (χ1v) is 5.76. The summed E-state index contributed by atoms with van der Waals surface area (Å²) in [6.07, 6.45) is 4.10. The minimum atomic E-state index is 0.218. The van der Waals surface area contributed by atoms with Crippen LogP contribution in [0, 0.1) is 5.41 Å². The average Bonchev–Trinajstić information content (AvgIpc) is 2.45. The fourth-order valence-electron chi connectivity index (χ4n) is 2.33. The van der Waals surface area contributed by atoms with Crippen molar-refractivity contribution in [2.75, 3.05) is 6.54 Å². The van der Waals surface area contributed by atoms with Gasteiger partial charge in [-0.1, -0.05) is 34.1 Å². The predicted molar refractivity (Wildman–Crippen MR) is 59.1 cm³/mol. The van der Waals surface area contributed by atoms with Gasteiger partial charge in [0, 0.05) is 19.0 Å². The molecule has 1 heterocycles. The second-order valence-electron chi connectivity index (χ2n) is 5.36.